The Kier molecular flexibility index (Phi) is 9.52. The third-order valence-electron chi connectivity index (χ3n) is 6.17. The van der Waals surface area contributed by atoms with E-state index < -0.39 is 28.4 Å². The fourth-order valence-electron chi connectivity index (χ4n) is 4.20. The van der Waals surface area contributed by atoms with Gasteiger partial charge in [0.15, 0.2) is 10.8 Å². The minimum atomic E-state index is -1.53. The zero-order chi connectivity index (χ0) is 28.3. The van der Waals surface area contributed by atoms with E-state index in [0.29, 0.717) is 16.3 Å². The van der Waals surface area contributed by atoms with Crippen molar-refractivity contribution in [1.82, 2.24) is 5.32 Å². The van der Waals surface area contributed by atoms with Crippen molar-refractivity contribution in [2.75, 3.05) is 23.4 Å². The molecule has 0 saturated carbocycles. The molecule has 3 aromatic carbocycles. The van der Waals surface area contributed by atoms with Gasteiger partial charge in [-0.2, -0.15) is 0 Å². The molecule has 1 aliphatic rings. The second-order valence-corrected chi connectivity index (χ2v) is 10.0. The van der Waals surface area contributed by atoms with E-state index in [2.05, 4.69) is 5.32 Å². The van der Waals surface area contributed by atoms with Crippen molar-refractivity contribution in [3.8, 4) is 0 Å². The molecule has 13 heteroatoms. The molecular weight excluding hydrogens is 581 g/mol. The highest BCUT2D eigenvalue weighted by Crippen LogP contribution is 2.45. The lowest BCUT2D eigenvalue weighted by atomic mass is 9.98. The number of hydrogen-bond acceptors (Lipinski definition) is 6. The number of ether oxygens (including phenoxy) is 1. The van der Waals surface area contributed by atoms with Gasteiger partial charge < -0.3 is 15.8 Å². The summed E-state index contributed by atoms with van der Waals surface area (Å²) in [4.78, 5) is 37.8. The van der Waals surface area contributed by atoms with Gasteiger partial charge in [0.2, 0.25) is 5.91 Å². The Morgan fingerprint density at radius 3 is 2.50 bits per heavy atom. The summed E-state index contributed by atoms with van der Waals surface area (Å²) < 4.78 is 6.06. The third kappa shape index (κ3) is 6.25. The molecule has 0 aromatic heterocycles. The molecule has 10 nitrogen and oxygen atoms in total. The van der Waals surface area contributed by atoms with E-state index in [-0.39, 0.29) is 41.8 Å². The largest absolute Gasteiger partial charge is 0.487 e. The van der Waals surface area contributed by atoms with E-state index in [1.165, 1.54) is 30.1 Å². The molecule has 0 spiro atoms. The fraction of sp³-hybridized carbons (Fsp3) is 0.185. The van der Waals surface area contributed by atoms with Crippen LogP contribution in [0.25, 0.3) is 5.70 Å². The van der Waals surface area contributed by atoms with Crippen LogP contribution in [-0.2, 0) is 16.1 Å². The van der Waals surface area contributed by atoms with Crippen molar-refractivity contribution in [3.05, 3.63) is 105 Å². The number of nitrogens with one attached hydrogen (secondary N) is 1. The Labute approximate surface area is 246 Å². The van der Waals surface area contributed by atoms with Crippen LogP contribution in [0.15, 0.2) is 78.6 Å². The van der Waals surface area contributed by atoms with E-state index in [4.69, 9.17) is 33.7 Å². The van der Waals surface area contributed by atoms with Crippen molar-refractivity contribution in [2.24, 2.45) is 5.73 Å². The number of fused-ring (bicyclic) bond motifs is 1. The maximum atomic E-state index is 13.6. The average Bonchev–Trinajstić information content (AvgIpc) is 2.92. The summed E-state index contributed by atoms with van der Waals surface area (Å²) in [5.74, 6) is -0.388. The van der Waals surface area contributed by atoms with Crippen molar-refractivity contribution >= 4 is 70.3 Å². The first-order chi connectivity index (χ1) is 18.5. The minimum Gasteiger partial charge on any atom is -0.487 e. The van der Waals surface area contributed by atoms with Crippen molar-refractivity contribution < 1.29 is 19.2 Å². The number of urea groups is 1. The van der Waals surface area contributed by atoms with E-state index >= 15 is 0 Å². The third-order valence-corrected chi connectivity index (χ3v) is 6.74. The van der Waals surface area contributed by atoms with E-state index in [0.717, 1.165) is 10.5 Å². The summed E-state index contributed by atoms with van der Waals surface area (Å²) in [6.45, 7) is 1.30. The SMILES string of the molecule is CN(C(=O)NCC(=O)N1c2ccc(Cl)cc2C(N)=C(OCc2ccccc2)C1(C)Cl)c1cccc([N+](=O)[O-])c1.Cl. The van der Waals surface area contributed by atoms with Crippen molar-refractivity contribution in [3.63, 3.8) is 0 Å². The van der Waals surface area contributed by atoms with Crippen LogP contribution in [-0.4, -0.2) is 35.5 Å². The van der Waals surface area contributed by atoms with Gasteiger partial charge in [-0.3, -0.25) is 24.7 Å². The number of nitrogens with two attached hydrogens (primary N) is 1. The van der Waals surface area contributed by atoms with Gasteiger partial charge in [0.05, 0.1) is 28.5 Å². The quantitative estimate of drug-likeness (QED) is 0.154. The molecule has 0 radical (unpaired) electrons. The molecule has 0 aliphatic carbocycles. The number of nitro benzene ring substituents is 1. The first-order valence-electron chi connectivity index (χ1n) is 11.8. The van der Waals surface area contributed by atoms with Gasteiger partial charge in [0.1, 0.15) is 6.61 Å². The standard InChI is InChI=1S/C27H25Cl2N5O5.ClH/c1-27(29)25(39-16-17-7-4-3-5-8-17)24(30)21-13-18(28)11-12-22(21)33(27)23(35)15-31-26(36)32(2)19-9-6-10-20(14-19)34(37)38;/h3-14H,15-16,30H2,1-2H3,(H,31,36);1H. The van der Waals surface area contributed by atoms with Crippen molar-refractivity contribution in [1.29, 1.82) is 0 Å². The lowest BCUT2D eigenvalue weighted by Crippen LogP contribution is -2.54. The van der Waals surface area contributed by atoms with Crippen LogP contribution < -0.4 is 20.9 Å². The van der Waals surface area contributed by atoms with Gasteiger partial charge in [-0.25, -0.2) is 4.79 Å². The Balaban J connectivity index is 0.00000441. The van der Waals surface area contributed by atoms with Gasteiger partial charge in [-0.1, -0.05) is 59.6 Å². The molecule has 0 bridgehead atoms. The maximum absolute atomic E-state index is 13.6. The smallest absolute Gasteiger partial charge is 0.322 e. The molecule has 1 atom stereocenters. The number of non-ortho nitro benzene ring substituents is 1. The fourth-order valence-corrected chi connectivity index (χ4v) is 4.72. The predicted octanol–water partition coefficient (Wildman–Crippen LogP) is 5.66. The van der Waals surface area contributed by atoms with E-state index in [1.54, 1.807) is 31.2 Å². The summed E-state index contributed by atoms with van der Waals surface area (Å²) in [7, 11) is 1.43. The molecule has 1 heterocycles. The number of hydrogen-bond donors (Lipinski definition) is 2. The van der Waals surface area contributed by atoms with Crippen LogP contribution in [0.3, 0.4) is 0 Å². The molecule has 210 valence electrons. The monoisotopic (exact) mass is 605 g/mol. The normalized spacial score (nSPS) is 15.9. The van der Waals surface area contributed by atoms with Crippen molar-refractivity contribution in [2.45, 2.75) is 18.5 Å². The van der Waals surface area contributed by atoms with E-state index in [9.17, 15) is 19.7 Å². The maximum Gasteiger partial charge on any atom is 0.322 e. The van der Waals surface area contributed by atoms with Gasteiger partial charge in [-0.15, -0.1) is 12.4 Å². The number of benzene rings is 3. The highest BCUT2D eigenvalue weighted by molar-refractivity contribution is 6.32. The van der Waals surface area contributed by atoms with Crippen LogP contribution in [0.5, 0.6) is 0 Å². The van der Waals surface area contributed by atoms with Crippen LogP contribution in [0.1, 0.15) is 18.1 Å². The summed E-state index contributed by atoms with van der Waals surface area (Å²) in [5.41, 5.74) is 8.54. The van der Waals surface area contributed by atoms with Crippen LogP contribution in [0.2, 0.25) is 5.02 Å². The number of carbonyl (C=O) groups is 2. The second-order valence-electron chi connectivity index (χ2n) is 8.86. The number of carbonyl (C=O) groups excluding carboxylic acids is 2. The van der Waals surface area contributed by atoms with Crippen LogP contribution >= 0.6 is 35.6 Å². The Hall–Kier alpha value is -3.99. The number of nitrogens with zero attached hydrogens (tertiary/aromatic N) is 3. The number of halogens is 3. The van der Waals surface area contributed by atoms with Gasteiger partial charge in [0, 0.05) is 29.8 Å². The van der Waals surface area contributed by atoms with E-state index in [1.807, 2.05) is 30.3 Å². The Morgan fingerprint density at radius 2 is 1.82 bits per heavy atom. The first-order valence-corrected chi connectivity index (χ1v) is 12.5. The molecule has 3 aromatic rings. The zero-order valence-electron chi connectivity index (χ0n) is 21.5. The number of alkyl halides is 1. The molecule has 0 saturated heterocycles. The summed E-state index contributed by atoms with van der Waals surface area (Å²) in [5, 5.41) is 14.0. The molecule has 1 aliphatic heterocycles. The van der Waals surface area contributed by atoms with Crippen LogP contribution in [0, 0.1) is 10.1 Å². The topological polar surface area (TPSA) is 131 Å². The predicted molar refractivity (Wildman–Crippen MR) is 158 cm³/mol. The lowest BCUT2D eigenvalue weighted by molar-refractivity contribution is -0.384. The molecule has 0 fully saturated rings. The highest BCUT2D eigenvalue weighted by atomic mass is 35.5. The number of nitro groups is 1. The first kappa shape index (κ1) is 30.6. The molecule has 3 amide bonds. The minimum absolute atomic E-state index is 0. The Bertz CT molecular complexity index is 1470. The molecule has 3 N–H and O–H groups in total. The number of anilines is 2. The number of rotatable bonds is 7. The van der Waals surface area contributed by atoms with Gasteiger partial charge in [0.25, 0.3) is 5.69 Å². The summed E-state index contributed by atoms with van der Waals surface area (Å²) in [6.07, 6.45) is 0. The highest BCUT2D eigenvalue weighted by Gasteiger charge is 2.46. The van der Waals surface area contributed by atoms with Crippen LogP contribution in [0.4, 0.5) is 21.9 Å². The summed E-state index contributed by atoms with van der Waals surface area (Å²) in [6, 6.07) is 19.1. The molecule has 4 rings (SSSR count). The second kappa shape index (κ2) is 12.5. The van der Waals surface area contributed by atoms with Gasteiger partial charge in [-0.05, 0) is 36.8 Å². The molecular formula is C27H26Cl3N5O5. The van der Waals surface area contributed by atoms with Gasteiger partial charge >= 0.3 is 6.03 Å². The summed E-state index contributed by atoms with van der Waals surface area (Å²) >= 11 is 13.2. The average molecular weight is 607 g/mol. The zero-order valence-corrected chi connectivity index (χ0v) is 23.8. The lowest BCUT2D eigenvalue weighted by Gasteiger charge is -2.42. The molecule has 40 heavy (non-hydrogen) atoms. The Morgan fingerprint density at radius 1 is 1.12 bits per heavy atom. The number of amides is 3. The molecule has 1 unspecified atom stereocenters.